The summed E-state index contributed by atoms with van der Waals surface area (Å²) >= 11 is 0. The van der Waals surface area contributed by atoms with Gasteiger partial charge in [-0.15, -0.1) is 0 Å². The Morgan fingerprint density at radius 3 is 2.78 bits per heavy atom. The van der Waals surface area contributed by atoms with Crippen LogP contribution < -0.4 is 10.0 Å². The Bertz CT molecular complexity index is 495. The van der Waals surface area contributed by atoms with Gasteiger partial charge in [-0.25, -0.2) is 8.42 Å². The van der Waals surface area contributed by atoms with E-state index in [1.165, 1.54) is 6.07 Å². The molecular formula is C10H17N3O4S. The number of nitrogens with one attached hydrogen (secondary N) is 2. The minimum absolute atomic E-state index is 0.0744. The Labute approximate surface area is 106 Å². The molecule has 0 unspecified atom stereocenters. The van der Waals surface area contributed by atoms with Gasteiger partial charge < -0.3 is 9.84 Å². The number of rotatable bonds is 7. The minimum atomic E-state index is -3.52. The molecule has 102 valence electrons. The van der Waals surface area contributed by atoms with Gasteiger partial charge in [-0.2, -0.15) is 0 Å². The van der Waals surface area contributed by atoms with Crippen molar-refractivity contribution in [3.8, 4) is 0 Å². The van der Waals surface area contributed by atoms with Crippen molar-refractivity contribution < 1.29 is 17.7 Å². The van der Waals surface area contributed by atoms with Crippen molar-refractivity contribution in [2.24, 2.45) is 0 Å². The van der Waals surface area contributed by atoms with Crippen molar-refractivity contribution in [2.45, 2.75) is 26.7 Å². The molecule has 18 heavy (non-hydrogen) atoms. The molecular weight excluding hydrogens is 258 g/mol. The standard InChI is InChI=1S/C10H17N3O4S/c1-3-4-10(14)11-5-6-18(15,16)13-9-7-8(2)17-12-9/h7H,3-6H2,1-2H3,(H,11,14)(H,12,13). The molecule has 1 aromatic rings. The minimum Gasteiger partial charge on any atom is -0.360 e. The highest BCUT2D eigenvalue weighted by molar-refractivity contribution is 7.92. The number of amides is 1. The van der Waals surface area contributed by atoms with Gasteiger partial charge in [0.15, 0.2) is 5.82 Å². The van der Waals surface area contributed by atoms with Gasteiger partial charge in [0, 0.05) is 19.0 Å². The molecule has 0 aliphatic carbocycles. The molecule has 0 spiro atoms. The normalized spacial score (nSPS) is 11.2. The number of aromatic nitrogens is 1. The van der Waals surface area contributed by atoms with Crippen LogP contribution in [0.15, 0.2) is 10.6 Å². The second kappa shape index (κ2) is 6.39. The predicted octanol–water partition coefficient (Wildman–Crippen LogP) is 0.641. The van der Waals surface area contributed by atoms with Gasteiger partial charge in [0.1, 0.15) is 5.76 Å². The Morgan fingerprint density at radius 1 is 1.50 bits per heavy atom. The number of sulfonamides is 1. The first-order valence-electron chi connectivity index (χ1n) is 5.63. The highest BCUT2D eigenvalue weighted by atomic mass is 32.2. The van der Waals surface area contributed by atoms with Crippen molar-refractivity contribution in [1.29, 1.82) is 0 Å². The fraction of sp³-hybridized carbons (Fsp3) is 0.600. The lowest BCUT2D eigenvalue weighted by molar-refractivity contribution is -0.120. The quantitative estimate of drug-likeness (QED) is 0.760. The highest BCUT2D eigenvalue weighted by Crippen LogP contribution is 2.08. The monoisotopic (exact) mass is 275 g/mol. The largest absolute Gasteiger partial charge is 0.360 e. The molecule has 1 aromatic heterocycles. The molecule has 0 saturated heterocycles. The van der Waals surface area contributed by atoms with Gasteiger partial charge in [-0.1, -0.05) is 12.1 Å². The summed E-state index contributed by atoms with van der Waals surface area (Å²) < 4.78 is 30.2. The maximum Gasteiger partial charge on any atom is 0.235 e. The molecule has 0 radical (unpaired) electrons. The molecule has 0 bridgehead atoms. The fourth-order valence-corrected chi connectivity index (χ4v) is 2.15. The molecule has 8 heteroatoms. The van der Waals surface area contributed by atoms with Crippen LogP contribution >= 0.6 is 0 Å². The van der Waals surface area contributed by atoms with Gasteiger partial charge in [-0.05, 0) is 13.3 Å². The summed E-state index contributed by atoms with van der Waals surface area (Å²) in [4.78, 5) is 11.1. The number of aryl methyl sites for hydroxylation is 1. The molecule has 1 heterocycles. The molecule has 0 atom stereocenters. The topological polar surface area (TPSA) is 101 Å². The summed E-state index contributed by atoms with van der Waals surface area (Å²) in [6.07, 6.45) is 1.13. The van der Waals surface area contributed by atoms with Crippen LogP contribution in [0.5, 0.6) is 0 Å². The van der Waals surface area contributed by atoms with Gasteiger partial charge in [-0.3, -0.25) is 9.52 Å². The SMILES string of the molecule is CCCC(=O)NCCS(=O)(=O)Nc1cc(C)on1. The van der Waals surface area contributed by atoms with Crippen LogP contribution in [-0.2, 0) is 14.8 Å². The van der Waals surface area contributed by atoms with Crippen LogP contribution in [0.1, 0.15) is 25.5 Å². The summed E-state index contributed by atoms with van der Waals surface area (Å²) in [5.74, 6) is 0.315. The maximum atomic E-state index is 11.6. The smallest absolute Gasteiger partial charge is 0.235 e. The fourth-order valence-electron chi connectivity index (χ4n) is 1.27. The third-order valence-electron chi connectivity index (χ3n) is 2.06. The Morgan fingerprint density at radius 2 is 2.22 bits per heavy atom. The van der Waals surface area contributed by atoms with Crippen molar-refractivity contribution in [3.05, 3.63) is 11.8 Å². The summed E-state index contributed by atoms with van der Waals surface area (Å²) in [5.41, 5.74) is 0. The van der Waals surface area contributed by atoms with E-state index in [-0.39, 0.29) is 24.0 Å². The molecule has 7 nitrogen and oxygen atoms in total. The first-order valence-corrected chi connectivity index (χ1v) is 7.28. The number of anilines is 1. The molecule has 0 aliphatic heterocycles. The molecule has 1 amide bonds. The summed E-state index contributed by atoms with van der Waals surface area (Å²) in [6.45, 7) is 3.62. The Balaban J connectivity index is 2.38. The van der Waals surface area contributed by atoms with E-state index in [9.17, 15) is 13.2 Å². The molecule has 0 fully saturated rings. The number of hydrogen-bond donors (Lipinski definition) is 2. The van der Waals surface area contributed by atoms with Gasteiger partial charge in [0.2, 0.25) is 15.9 Å². The highest BCUT2D eigenvalue weighted by Gasteiger charge is 2.13. The zero-order valence-electron chi connectivity index (χ0n) is 10.4. The number of hydrogen-bond acceptors (Lipinski definition) is 5. The Hall–Kier alpha value is -1.57. The van der Waals surface area contributed by atoms with Crippen LogP contribution in [0.3, 0.4) is 0 Å². The van der Waals surface area contributed by atoms with E-state index in [4.69, 9.17) is 4.52 Å². The summed E-state index contributed by atoms with van der Waals surface area (Å²) in [5, 5.41) is 6.05. The Kier molecular flexibility index (Phi) is 5.14. The van der Waals surface area contributed by atoms with E-state index in [0.29, 0.717) is 12.2 Å². The van der Waals surface area contributed by atoms with E-state index in [1.807, 2.05) is 6.92 Å². The molecule has 0 aliphatic rings. The first-order chi connectivity index (χ1) is 8.43. The summed E-state index contributed by atoms with van der Waals surface area (Å²) in [7, 11) is -3.52. The van der Waals surface area contributed by atoms with E-state index in [0.717, 1.165) is 6.42 Å². The second-order valence-corrected chi connectivity index (χ2v) is 5.69. The van der Waals surface area contributed by atoms with Gasteiger partial charge >= 0.3 is 0 Å². The van der Waals surface area contributed by atoms with Crippen LogP contribution in [0, 0.1) is 6.92 Å². The third kappa shape index (κ3) is 5.17. The van der Waals surface area contributed by atoms with Crippen LogP contribution in [-0.4, -0.2) is 31.8 Å². The van der Waals surface area contributed by atoms with E-state index in [1.54, 1.807) is 6.92 Å². The zero-order valence-corrected chi connectivity index (χ0v) is 11.2. The number of nitrogens with zero attached hydrogens (tertiary/aromatic N) is 1. The van der Waals surface area contributed by atoms with Crippen LogP contribution in [0.2, 0.25) is 0 Å². The van der Waals surface area contributed by atoms with Crippen molar-refractivity contribution in [2.75, 3.05) is 17.0 Å². The van der Waals surface area contributed by atoms with Crippen LogP contribution in [0.4, 0.5) is 5.82 Å². The molecule has 0 aromatic carbocycles. The average Bonchev–Trinajstić information content (AvgIpc) is 2.63. The maximum absolute atomic E-state index is 11.6. The third-order valence-corrected chi connectivity index (χ3v) is 3.32. The van der Waals surface area contributed by atoms with E-state index < -0.39 is 10.0 Å². The van der Waals surface area contributed by atoms with Crippen molar-refractivity contribution in [1.82, 2.24) is 10.5 Å². The van der Waals surface area contributed by atoms with Crippen molar-refractivity contribution >= 4 is 21.7 Å². The molecule has 2 N–H and O–H groups in total. The predicted molar refractivity (Wildman–Crippen MR) is 66.6 cm³/mol. The van der Waals surface area contributed by atoms with Crippen LogP contribution in [0.25, 0.3) is 0 Å². The lowest BCUT2D eigenvalue weighted by Crippen LogP contribution is -2.30. The molecule has 0 saturated carbocycles. The van der Waals surface area contributed by atoms with E-state index >= 15 is 0 Å². The van der Waals surface area contributed by atoms with Gasteiger partial charge in [0.05, 0.1) is 5.75 Å². The van der Waals surface area contributed by atoms with Gasteiger partial charge in [0.25, 0.3) is 0 Å². The average molecular weight is 275 g/mol. The second-order valence-electron chi connectivity index (χ2n) is 3.84. The summed E-state index contributed by atoms with van der Waals surface area (Å²) in [6, 6.07) is 1.48. The number of carbonyl (C=O) groups excluding carboxylic acids is 1. The first kappa shape index (κ1) is 14.5. The number of carbonyl (C=O) groups is 1. The van der Waals surface area contributed by atoms with E-state index in [2.05, 4.69) is 15.2 Å². The lowest BCUT2D eigenvalue weighted by Gasteiger charge is -2.06. The zero-order chi connectivity index (χ0) is 13.6. The lowest BCUT2D eigenvalue weighted by atomic mass is 10.3. The van der Waals surface area contributed by atoms with Crippen molar-refractivity contribution in [3.63, 3.8) is 0 Å². The molecule has 1 rings (SSSR count).